The zero-order valence-corrected chi connectivity index (χ0v) is 13.3. The van der Waals surface area contributed by atoms with Crippen LogP contribution in [0.3, 0.4) is 0 Å². The van der Waals surface area contributed by atoms with Gasteiger partial charge in [-0.3, -0.25) is 9.69 Å². The highest BCUT2D eigenvalue weighted by Crippen LogP contribution is 2.21. The molecule has 0 unspecified atom stereocenters. The fourth-order valence-electron chi connectivity index (χ4n) is 2.44. The van der Waals surface area contributed by atoms with Crippen LogP contribution in [0.1, 0.15) is 32.8 Å². The van der Waals surface area contributed by atoms with Crippen molar-refractivity contribution in [3.05, 3.63) is 42.0 Å². The molecule has 1 aliphatic rings. The third kappa shape index (κ3) is 4.71. The number of benzene rings is 1. The van der Waals surface area contributed by atoms with Gasteiger partial charge >= 0.3 is 0 Å². The molecule has 0 bridgehead atoms. The fourth-order valence-corrected chi connectivity index (χ4v) is 2.44. The molecule has 0 aromatic heterocycles. The number of carbonyl (C=O) groups is 1. The Labute approximate surface area is 128 Å². The second kappa shape index (κ2) is 7.41. The van der Waals surface area contributed by atoms with Gasteiger partial charge in [-0.15, -0.1) is 0 Å². The van der Waals surface area contributed by atoms with E-state index in [0.29, 0.717) is 12.5 Å². The van der Waals surface area contributed by atoms with Crippen LogP contribution < -0.4 is 5.32 Å². The van der Waals surface area contributed by atoms with Gasteiger partial charge in [0, 0.05) is 19.1 Å². The van der Waals surface area contributed by atoms with Gasteiger partial charge in [-0.05, 0) is 30.4 Å². The third-order valence-corrected chi connectivity index (χ3v) is 4.19. The number of hydrogen-bond donors (Lipinski definition) is 1. The Bertz CT molecular complexity index is 493. The molecule has 2 rings (SSSR count). The minimum absolute atomic E-state index is 0.132. The quantitative estimate of drug-likeness (QED) is 0.902. The average Bonchev–Trinajstić information content (AvgIpc) is 2.48. The Morgan fingerprint density at radius 2 is 1.95 bits per heavy atom. The second-order valence-electron chi connectivity index (χ2n) is 6.18. The van der Waals surface area contributed by atoms with E-state index in [-0.39, 0.29) is 11.9 Å². The Morgan fingerprint density at radius 3 is 2.52 bits per heavy atom. The first-order valence-corrected chi connectivity index (χ1v) is 7.82. The second-order valence-corrected chi connectivity index (χ2v) is 6.18. The molecule has 1 atom stereocenters. The Kier molecular flexibility index (Phi) is 5.57. The molecule has 1 aliphatic heterocycles. The van der Waals surface area contributed by atoms with E-state index in [9.17, 15) is 4.79 Å². The molecular weight excluding hydrogens is 260 g/mol. The largest absolute Gasteiger partial charge is 0.352 e. The predicted molar refractivity (Wildman–Crippen MR) is 87.9 cm³/mol. The van der Waals surface area contributed by atoms with Crippen LogP contribution in [0.5, 0.6) is 0 Å². The van der Waals surface area contributed by atoms with Crippen molar-refractivity contribution in [3.63, 3.8) is 0 Å². The van der Waals surface area contributed by atoms with E-state index < -0.39 is 0 Å². The first kappa shape index (κ1) is 15.8. The van der Waals surface area contributed by atoms with Crippen molar-refractivity contribution in [2.75, 3.05) is 19.6 Å². The van der Waals surface area contributed by atoms with Crippen LogP contribution >= 0.6 is 0 Å². The van der Waals surface area contributed by atoms with Crippen molar-refractivity contribution in [1.29, 1.82) is 0 Å². The van der Waals surface area contributed by atoms with Crippen molar-refractivity contribution < 1.29 is 4.79 Å². The highest BCUT2D eigenvalue weighted by atomic mass is 16.2. The minimum atomic E-state index is 0.132. The standard InChI is InChI=1S/C18H26N2O/c1-14(2)15(3)19-18(21)13-20-11-9-17(10-12-20)16-7-5-4-6-8-16/h4-9,14-15H,10-13H2,1-3H3,(H,19,21)/t15-/m1/s1. The lowest BCUT2D eigenvalue weighted by Crippen LogP contribution is -2.43. The number of carbonyl (C=O) groups excluding carboxylic acids is 1. The predicted octanol–water partition coefficient (Wildman–Crippen LogP) is 2.94. The van der Waals surface area contributed by atoms with Crippen LogP contribution in [0.4, 0.5) is 0 Å². The topological polar surface area (TPSA) is 32.3 Å². The number of nitrogens with one attached hydrogen (secondary N) is 1. The maximum Gasteiger partial charge on any atom is 0.234 e. The summed E-state index contributed by atoms with van der Waals surface area (Å²) in [5.74, 6) is 0.604. The Hall–Kier alpha value is -1.61. The number of rotatable bonds is 5. The zero-order chi connectivity index (χ0) is 15.2. The Balaban J connectivity index is 1.84. The summed E-state index contributed by atoms with van der Waals surface area (Å²) in [5.41, 5.74) is 2.69. The molecule has 3 heteroatoms. The molecule has 3 nitrogen and oxygen atoms in total. The van der Waals surface area contributed by atoms with Gasteiger partial charge in [-0.2, -0.15) is 0 Å². The molecular formula is C18H26N2O. The fraction of sp³-hybridized carbons (Fsp3) is 0.500. The van der Waals surface area contributed by atoms with Gasteiger partial charge in [0.25, 0.3) is 0 Å². The van der Waals surface area contributed by atoms with Gasteiger partial charge in [0.05, 0.1) is 6.54 Å². The molecule has 114 valence electrons. The van der Waals surface area contributed by atoms with Crippen LogP contribution in [0.15, 0.2) is 36.4 Å². The molecule has 0 fully saturated rings. The highest BCUT2D eigenvalue weighted by molar-refractivity contribution is 5.78. The van der Waals surface area contributed by atoms with E-state index in [4.69, 9.17) is 0 Å². The monoisotopic (exact) mass is 286 g/mol. The van der Waals surface area contributed by atoms with Crippen molar-refractivity contribution in [3.8, 4) is 0 Å². The van der Waals surface area contributed by atoms with Crippen LogP contribution in [0, 0.1) is 5.92 Å². The normalized spacial score (nSPS) is 17.4. The molecule has 0 radical (unpaired) electrons. The van der Waals surface area contributed by atoms with Gasteiger partial charge < -0.3 is 5.32 Å². The minimum Gasteiger partial charge on any atom is -0.352 e. The van der Waals surface area contributed by atoms with Gasteiger partial charge in [0.2, 0.25) is 5.91 Å². The summed E-state index contributed by atoms with van der Waals surface area (Å²) < 4.78 is 0. The maximum atomic E-state index is 12.0. The average molecular weight is 286 g/mol. The van der Waals surface area contributed by atoms with Crippen molar-refractivity contribution in [2.24, 2.45) is 5.92 Å². The molecule has 0 saturated carbocycles. The number of amides is 1. The lowest BCUT2D eigenvalue weighted by Gasteiger charge is -2.27. The first-order chi connectivity index (χ1) is 10.1. The molecule has 0 spiro atoms. The summed E-state index contributed by atoms with van der Waals surface area (Å²) >= 11 is 0. The highest BCUT2D eigenvalue weighted by Gasteiger charge is 2.17. The molecule has 0 saturated heterocycles. The summed E-state index contributed by atoms with van der Waals surface area (Å²) in [7, 11) is 0. The van der Waals surface area contributed by atoms with Crippen LogP contribution in [-0.4, -0.2) is 36.5 Å². The molecule has 21 heavy (non-hydrogen) atoms. The smallest absolute Gasteiger partial charge is 0.234 e. The van der Waals surface area contributed by atoms with Crippen molar-refractivity contribution in [1.82, 2.24) is 10.2 Å². The summed E-state index contributed by atoms with van der Waals surface area (Å²) in [6, 6.07) is 10.7. The molecule has 1 aromatic carbocycles. The molecule has 0 aliphatic carbocycles. The van der Waals surface area contributed by atoms with Gasteiger partial charge in [-0.1, -0.05) is 50.3 Å². The van der Waals surface area contributed by atoms with E-state index in [1.54, 1.807) is 0 Å². The van der Waals surface area contributed by atoms with E-state index in [2.05, 4.69) is 61.3 Å². The van der Waals surface area contributed by atoms with Gasteiger partial charge in [0.1, 0.15) is 0 Å². The van der Waals surface area contributed by atoms with E-state index in [0.717, 1.165) is 19.5 Å². The van der Waals surface area contributed by atoms with E-state index >= 15 is 0 Å². The SMILES string of the molecule is CC(C)[C@@H](C)NC(=O)CN1CC=C(c2ccccc2)CC1. The Morgan fingerprint density at radius 1 is 1.24 bits per heavy atom. The van der Waals surface area contributed by atoms with E-state index in [1.807, 2.05) is 6.07 Å². The summed E-state index contributed by atoms with van der Waals surface area (Å²) in [5, 5.41) is 3.07. The summed E-state index contributed by atoms with van der Waals surface area (Å²) in [6.45, 7) is 8.61. The summed E-state index contributed by atoms with van der Waals surface area (Å²) in [4.78, 5) is 14.2. The van der Waals surface area contributed by atoms with Crippen LogP contribution in [0.25, 0.3) is 5.57 Å². The van der Waals surface area contributed by atoms with Crippen LogP contribution in [-0.2, 0) is 4.79 Å². The molecule has 1 N–H and O–H groups in total. The molecule has 1 aromatic rings. The van der Waals surface area contributed by atoms with Gasteiger partial charge in [0.15, 0.2) is 0 Å². The summed E-state index contributed by atoms with van der Waals surface area (Å²) in [6.07, 6.45) is 3.26. The molecule has 1 heterocycles. The molecule has 1 amide bonds. The van der Waals surface area contributed by atoms with Crippen molar-refractivity contribution >= 4 is 11.5 Å². The number of hydrogen-bond acceptors (Lipinski definition) is 2. The van der Waals surface area contributed by atoms with Crippen molar-refractivity contribution in [2.45, 2.75) is 33.2 Å². The van der Waals surface area contributed by atoms with Crippen LogP contribution in [0.2, 0.25) is 0 Å². The van der Waals surface area contributed by atoms with E-state index in [1.165, 1.54) is 11.1 Å². The lowest BCUT2D eigenvalue weighted by atomic mass is 9.99. The maximum absolute atomic E-state index is 12.0. The zero-order valence-electron chi connectivity index (χ0n) is 13.3. The lowest BCUT2D eigenvalue weighted by molar-refractivity contribution is -0.123. The third-order valence-electron chi connectivity index (χ3n) is 4.19. The van der Waals surface area contributed by atoms with Gasteiger partial charge in [-0.25, -0.2) is 0 Å². The first-order valence-electron chi connectivity index (χ1n) is 7.82. The number of nitrogens with zero attached hydrogens (tertiary/aromatic N) is 1.